The molecule has 0 radical (unpaired) electrons. The zero-order chi connectivity index (χ0) is 15.5. The molecule has 2 atom stereocenters. The lowest BCUT2D eigenvalue weighted by Crippen LogP contribution is -2.66. The predicted molar refractivity (Wildman–Crippen MR) is 81.2 cm³/mol. The zero-order valence-electron chi connectivity index (χ0n) is 13.8. The molecule has 1 rings (SSSR count). The minimum absolute atomic E-state index is 0.000642. The van der Waals surface area contributed by atoms with E-state index in [1.54, 1.807) is 0 Å². The Kier molecular flexibility index (Phi) is 5.60. The Bertz CT molecular complexity index is 358. The number of piperazine rings is 1. The molecular weight excluding hydrogens is 252 g/mol. The van der Waals surface area contributed by atoms with Crippen molar-refractivity contribution in [1.29, 1.82) is 0 Å². The normalized spacial score (nSPS) is 24.2. The fraction of sp³-hybridized carbons (Fsp3) is 0.875. The third kappa shape index (κ3) is 3.97. The summed E-state index contributed by atoms with van der Waals surface area (Å²) in [6.45, 7) is 13.1. The molecule has 0 aliphatic carbocycles. The molecule has 4 heteroatoms. The second-order valence-corrected chi connectivity index (χ2v) is 7.33. The number of carbonyl (C=O) groups excluding carboxylic acids is 2. The van der Waals surface area contributed by atoms with Gasteiger partial charge in [-0.15, -0.1) is 0 Å². The first-order valence-corrected chi connectivity index (χ1v) is 7.79. The molecule has 20 heavy (non-hydrogen) atoms. The molecule has 2 unspecified atom stereocenters. The molecule has 2 amide bonds. The van der Waals surface area contributed by atoms with Gasteiger partial charge < -0.3 is 10.2 Å². The standard InChI is InChI=1S/C16H30N2O2/c1-7-8-12-15(20)18(10-9-11(2)3)13(14(19)17-12)16(4,5)6/h11-13H,7-10H2,1-6H3,(H,17,19). The third-order valence-electron chi connectivity index (χ3n) is 3.80. The lowest BCUT2D eigenvalue weighted by Gasteiger charge is -2.45. The van der Waals surface area contributed by atoms with E-state index in [1.807, 2.05) is 32.6 Å². The highest BCUT2D eigenvalue weighted by Gasteiger charge is 2.45. The molecule has 1 heterocycles. The summed E-state index contributed by atoms with van der Waals surface area (Å²) >= 11 is 0. The van der Waals surface area contributed by atoms with Gasteiger partial charge in [0.05, 0.1) is 0 Å². The average Bonchev–Trinajstić information content (AvgIpc) is 2.29. The van der Waals surface area contributed by atoms with Crippen molar-refractivity contribution in [1.82, 2.24) is 10.2 Å². The topological polar surface area (TPSA) is 49.4 Å². The van der Waals surface area contributed by atoms with E-state index in [4.69, 9.17) is 0 Å². The Hall–Kier alpha value is -1.06. The summed E-state index contributed by atoms with van der Waals surface area (Å²) in [6, 6.07) is -0.694. The Morgan fingerprint density at radius 2 is 1.85 bits per heavy atom. The number of rotatable bonds is 5. The number of carbonyl (C=O) groups is 2. The number of nitrogens with one attached hydrogen (secondary N) is 1. The van der Waals surface area contributed by atoms with Gasteiger partial charge in [0.15, 0.2) is 0 Å². The van der Waals surface area contributed by atoms with Crippen LogP contribution in [-0.4, -0.2) is 35.3 Å². The van der Waals surface area contributed by atoms with Crippen LogP contribution in [0.25, 0.3) is 0 Å². The van der Waals surface area contributed by atoms with Crippen molar-refractivity contribution < 1.29 is 9.59 Å². The smallest absolute Gasteiger partial charge is 0.245 e. The summed E-state index contributed by atoms with van der Waals surface area (Å²) in [5, 5.41) is 2.91. The summed E-state index contributed by atoms with van der Waals surface area (Å²) in [4.78, 5) is 26.9. The highest BCUT2D eigenvalue weighted by Crippen LogP contribution is 2.29. The summed E-state index contributed by atoms with van der Waals surface area (Å²) in [5.74, 6) is 0.615. The van der Waals surface area contributed by atoms with E-state index in [0.717, 1.165) is 19.3 Å². The van der Waals surface area contributed by atoms with Gasteiger partial charge in [0.2, 0.25) is 11.8 Å². The predicted octanol–water partition coefficient (Wildman–Crippen LogP) is 2.57. The van der Waals surface area contributed by atoms with Crippen LogP contribution in [0.4, 0.5) is 0 Å². The molecule has 0 bridgehead atoms. The van der Waals surface area contributed by atoms with E-state index in [9.17, 15) is 9.59 Å². The van der Waals surface area contributed by atoms with Crippen molar-refractivity contribution in [3.05, 3.63) is 0 Å². The summed E-state index contributed by atoms with van der Waals surface area (Å²) in [5.41, 5.74) is -0.242. The number of hydrogen-bond donors (Lipinski definition) is 1. The van der Waals surface area contributed by atoms with Crippen LogP contribution in [-0.2, 0) is 9.59 Å². The van der Waals surface area contributed by atoms with Crippen LogP contribution >= 0.6 is 0 Å². The van der Waals surface area contributed by atoms with Gasteiger partial charge in [0, 0.05) is 6.54 Å². The van der Waals surface area contributed by atoms with Crippen LogP contribution in [0, 0.1) is 11.3 Å². The Balaban J connectivity index is 2.97. The van der Waals surface area contributed by atoms with E-state index >= 15 is 0 Å². The van der Waals surface area contributed by atoms with E-state index in [0.29, 0.717) is 12.5 Å². The van der Waals surface area contributed by atoms with Crippen LogP contribution in [0.15, 0.2) is 0 Å². The Labute approximate surface area is 123 Å². The van der Waals surface area contributed by atoms with Crippen LogP contribution in [0.2, 0.25) is 0 Å². The van der Waals surface area contributed by atoms with Crippen LogP contribution in [0.5, 0.6) is 0 Å². The number of hydrogen-bond acceptors (Lipinski definition) is 2. The van der Waals surface area contributed by atoms with Gasteiger partial charge >= 0.3 is 0 Å². The SMILES string of the molecule is CCCC1NC(=O)C(C(C)(C)C)N(CCC(C)C)C1=O. The first-order valence-electron chi connectivity index (χ1n) is 7.79. The van der Waals surface area contributed by atoms with Gasteiger partial charge in [-0.1, -0.05) is 48.0 Å². The molecule has 0 aromatic heterocycles. The number of amides is 2. The third-order valence-corrected chi connectivity index (χ3v) is 3.80. The lowest BCUT2D eigenvalue weighted by atomic mass is 9.82. The summed E-state index contributed by atoms with van der Waals surface area (Å²) in [6.07, 6.45) is 2.55. The first-order chi connectivity index (χ1) is 9.18. The summed E-state index contributed by atoms with van der Waals surface area (Å²) in [7, 11) is 0. The maximum Gasteiger partial charge on any atom is 0.245 e. The van der Waals surface area contributed by atoms with Crippen molar-refractivity contribution >= 4 is 11.8 Å². The minimum Gasteiger partial charge on any atom is -0.342 e. The second kappa shape index (κ2) is 6.59. The molecule has 0 saturated carbocycles. The van der Waals surface area contributed by atoms with Crippen molar-refractivity contribution in [3.8, 4) is 0 Å². The second-order valence-electron chi connectivity index (χ2n) is 7.33. The van der Waals surface area contributed by atoms with E-state index in [1.165, 1.54) is 0 Å². The van der Waals surface area contributed by atoms with Crippen molar-refractivity contribution in [2.45, 2.75) is 72.9 Å². The Morgan fingerprint density at radius 3 is 2.30 bits per heavy atom. The fourth-order valence-corrected chi connectivity index (χ4v) is 2.76. The van der Waals surface area contributed by atoms with Gasteiger partial charge in [0.25, 0.3) is 0 Å². The summed E-state index contributed by atoms with van der Waals surface area (Å²) < 4.78 is 0. The van der Waals surface area contributed by atoms with Crippen molar-refractivity contribution in [3.63, 3.8) is 0 Å². The molecule has 0 aromatic carbocycles. The average molecular weight is 282 g/mol. The highest BCUT2D eigenvalue weighted by atomic mass is 16.2. The van der Waals surface area contributed by atoms with E-state index < -0.39 is 0 Å². The quantitative estimate of drug-likeness (QED) is 0.842. The fourth-order valence-electron chi connectivity index (χ4n) is 2.76. The maximum absolute atomic E-state index is 12.6. The first kappa shape index (κ1) is 17.0. The molecule has 1 saturated heterocycles. The van der Waals surface area contributed by atoms with Crippen LogP contribution in [0.3, 0.4) is 0 Å². The molecule has 0 spiro atoms. The van der Waals surface area contributed by atoms with Gasteiger partial charge in [-0.2, -0.15) is 0 Å². The largest absolute Gasteiger partial charge is 0.342 e. The lowest BCUT2D eigenvalue weighted by molar-refractivity contribution is -0.154. The molecule has 0 aromatic rings. The molecule has 116 valence electrons. The van der Waals surface area contributed by atoms with E-state index in [-0.39, 0.29) is 29.3 Å². The maximum atomic E-state index is 12.6. The molecule has 4 nitrogen and oxygen atoms in total. The van der Waals surface area contributed by atoms with Crippen molar-refractivity contribution in [2.75, 3.05) is 6.54 Å². The molecule has 1 aliphatic rings. The van der Waals surface area contributed by atoms with E-state index in [2.05, 4.69) is 19.2 Å². The van der Waals surface area contributed by atoms with Gasteiger partial charge in [-0.05, 0) is 24.2 Å². The monoisotopic (exact) mass is 282 g/mol. The van der Waals surface area contributed by atoms with Crippen LogP contribution < -0.4 is 5.32 Å². The molecule has 1 aliphatic heterocycles. The van der Waals surface area contributed by atoms with Gasteiger partial charge in [0.1, 0.15) is 12.1 Å². The molecular formula is C16H30N2O2. The zero-order valence-corrected chi connectivity index (χ0v) is 13.8. The minimum atomic E-state index is -0.359. The Morgan fingerprint density at radius 1 is 1.25 bits per heavy atom. The van der Waals surface area contributed by atoms with Crippen molar-refractivity contribution in [2.24, 2.45) is 11.3 Å². The van der Waals surface area contributed by atoms with Gasteiger partial charge in [-0.3, -0.25) is 9.59 Å². The highest BCUT2D eigenvalue weighted by molar-refractivity contribution is 5.97. The van der Waals surface area contributed by atoms with Gasteiger partial charge in [-0.25, -0.2) is 0 Å². The molecule has 1 fully saturated rings. The molecule has 1 N–H and O–H groups in total. The van der Waals surface area contributed by atoms with Crippen LogP contribution in [0.1, 0.15) is 60.8 Å². The number of nitrogens with zero attached hydrogens (tertiary/aromatic N) is 1.